The maximum Gasteiger partial charge on any atom is 0.309 e. The number of hydrogen-bond donors (Lipinski definition) is 1. The minimum absolute atomic E-state index is 0.0383. The summed E-state index contributed by atoms with van der Waals surface area (Å²) in [7, 11) is 6.50. The topological polar surface area (TPSA) is 91.3 Å². The van der Waals surface area contributed by atoms with E-state index >= 15 is 0 Å². The summed E-state index contributed by atoms with van der Waals surface area (Å²) in [5.74, 6) is -0.288. The third-order valence-corrected chi connectivity index (χ3v) is 9.42. The molecular weight excluding hydrogens is 524 g/mol. The van der Waals surface area contributed by atoms with Crippen molar-refractivity contribution in [3.63, 3.8) is 0 Å². The van der Waals surface area contributed by atoms with Gasteiger partial charge in [-0.25, -0.2) is 0 Å². The lowest BCUT2D eigenvalue weighted by Gasteiger charge is -2.52. The van der Waals surface area contributed by atoms with Crippen LogP contribution in [-0.2, 0) is 28.1 Å². The van der Waals surface area contributed by atoms with Gasteiger partial charge >= 0.3 is 5.97 Å². The van der Waals surface area contributed by atoms with E-state index in [4.69, 9.17) is 18.5 Å². The third-order valence-electron chi connectivity index (χ3n) is 8.03. The fraction of sp³-hybridized carbons (Fsp3) is 0.917. The molecule has 35 heavy (non-hydrogen) atoms. The van der Waals surface area contributed by atoms with Crippen LogP contribution in [0.4, 0.5) is 0 Å². The molecule has 1 N–H and O–H groups in total. The van der Waals surface area contributed by atoms with Crippen LogP contribution in [0.2, 0.25) is 0 Å². The van der Waals surface area contributed by atoms with Gasteiger partial charge in [0, 0.05) is 47.0 Å². The second-order valence-electron chi connectivity index (χ2n) is 10.6. The number of rotatable bonds is 17. The number of ether oxygens (including phenoxy) is 2. The molecule has 0 radical (unpaired) electrons. The Labute approximate surface area is 219 Å². The smallest absolute Gasteiger partial charge is 0.309 e. The highest BCUT2D eigenvalue weighted by Crippen LogP contribution is 2.54. The van der Waals surface area contributed by atoms with Crippen LogP contribution in [0.5, 0.6) is 0 Å². The second-order valence-corrected chi connectivity index (χ2v) is 16.6. The first-order valence-electron chi connectivity index (χ1n) is 12.9. The van der Waals surface area contributed by atoms with Crippen molar-refractivity contribution in [1.82, 2.24) is 0 Å². The van der Waals surface area contributed by atoms with Gasteiger partial charge in [-0.2, -0.15) is 0 Å². The fourth-order valence-electron chi connectivity index (χ4n) is 5.37. The molecule has 11 heteroatoms. The Morgan fingerprint density at radius 3 is 2.26 bits per heavy atom. The summed E-state index contributed by atoms with van der Waals surface area (Å²) in [5, 5.41) is 10.8. The first-order valence-corrected chi connectivity index (χ1v) is 17.9. The molecule has 7 nitrogen and oxygen atoms in total. The Morgan fingerprint density at radius 1 is 1.06 bits per heavy atom. The van der Waals surface area contributed by atoms with Gasteiger partial charge < -0.3 is 23.6 Å². The van der Waals surface area contributed by atoms with Crippen molar-refractivity contribution in [2.75, 3.05) is 6.79 Å². The Kier molecular flexibility index (Phi) is 14.0. The van der Waals surface area contributed by atoms with Crippen LogP contribution in [0.1, 0.15) is 97.8 Å². The molecule has 1 saturated carbocycles. The molecule has 2 aliphatic rings. The molecule has 204 valence electrons. The Bertz CT molecular complexity index is 672. The summed E-state index contributed by atoms with van der Waals surface area (Å²) in [6.07, 6.45) is 8.26. The van der Waals surface area contributed by atoms with Crippen LogP contribution in [-0.4, -0.2) is 41.6 Å². The third kappa shape index (κ3) is 9.44. The molecule has 1 aliphatic carbocycles. The van der Waals surface area contributed by atoms with Crippen molar-refractivity contribution in [2.45, 2.75) is 116 Å². The first-order chi connectivity index (χ1) is 16.5. The molecule has 0 aromatic rings. The molecule has 2 rings (SSSR count). The molecule has 0 spiro atoms. The lowest BCUT2D eigenvalue weighted by atomic mass is 9.75. The van der Waals surface area contributed by atoms with E-state index < -0.39 is 19.4 Å². The average Bonchev–Trinajstić information content (AvgIpc) is 3.07. The standard InChI is InChI=1S/C24H46O7P4/c1-4-23(2,3)24(28-16-29-24)14-13-19-18(20(26)15-21(19)30-32)12-11-17(25)9-7-5-6-8-10-22(27)31-35(33)34/h18-21,26H,4-16,32-34H2,1-3H3/t18?,19-,20?,21?/m1/s1. The van der Waals surface area contributed by atoms with Gasteiger partial charge in [-0.3, -0.25) is 9.59 Å². The molecule has 1 aliphatic heterocycles. The summed E-state index contributed by atoms with van der Waals surface area (Å²) in [6, 6.07) is 0. The highest BCUT2D eigenvalue weighted by molar-refractivity contribution is 8.41. The van der Waals surface area contributed by atoms with Gasteiger partial charge in [0.15, 0.2) is 12.6 Å². The second kappa shape index (κ2) is 15.3. The van der Waals surface area contributed by atoms with Gasteiger partial charge in [-0.05, 0) is 43.9 Å². The Balaban J connectivity index is 1.75. The molecule has 0 aromatic carbocycles. The van der Waals surface area contributed by atoms with Crippen molar-refractivity contribution >= 4 is 46.6 Å². The first kappa shape index (κ1) is 31.9. The monoisotopic (exact) mass is 570 g/mol. The Morgan fingerprint density at radius 2 is 1.71 bits per heavy atom. The molecule has 7 atom stereocenters. The Hall–Kier alpha value is 0.700. The summed E-state index contributed by atoms with van der Waals surface area (Å²) in [6.45, 7) is 6.83. The molecule has 6 unspecified atom stereocenters. The zero-order chi connectivity index (χ0) is 26.1. The van der Waals surface area contributed by atoms with E-state index in [9.17, 15) is 14.7 Å². The highest BCUT2D eigenvalue weighted by atomic mass is 32.4. The van der Waals surface area contributed by atoms with E-state index in [1.165, 1.54) is 0 Å². The van der Waals surface area contributed by atoms with Gasteiger partial charge in [0.2, 0.25) is 0 Å². The molecular formula is C24H46O7P4. The van der Waals surface area contributed by atoms with Gasteiger partial charge in [-0.1, -0.05) is 51.5 Å². The van der Waals surface area contributed by atoms with E-state index in [1.807, 2.05) is 0 Å². The van der Waals surface area contributed by atoms with Crippen molar-refractivity contribution < 1.29 is 33.2 Å². The van der Waals surface area contributed by atoms with Gasteiger partial charge in [0.05, 0.1) is 12.2 Å². The van der Waals surface area contributed by atoms with E-state index in [2.05, 4.69) is 48.1 Å². The maximum absolute atomic E-state index is 12.5. The SMILES string of the molecule is CCC(C)(C)C1(CC[C@H]2C(OP)CC(O)C2CCC(=O)CCCCCCC(=O)OP(P)P)OCO1. The van der Waals surface area contributed by atoms with Crippen molar-refractivity contribution in [2.24, 2.45) is 17.3 Å². The van der Waals surface area contributed by atoms with Crippen LogP contribution >= 0.6 is 34.8 Å². The maximum atomic E-state index is 12.5. The van der Waals surface area contributed by atoms with E-state index in [-0.39, 0.29) is 35.1 Å². The number of ketones is 1. The molecule has 0 amide bonds. The predicted molar refractivity (Wildman–Crippen MR) is 150 cm³/mol. The normalized spacial score (nSPS) is 26.1. The van der Waals surface area contributed by atoms with Crippen LogP contribution in [0.25, 0.3) is 0 Å². The van der Waals surface area contributed by atoms with Crippen LogP contribution in [0, 0.1) is 17.3 Å². The number of aliphatic hydroxyl groups excluding tert-OH is 1. The number of carbonyl (C=O) groups excluding carboxylic acids is 2. The number of hydrogen-bond acceptors (Lipinski definition) is 7. The zero-order valence-electron chi connectivity index (χ0n) is 21.6. The number of aliphatic hydroxyl groups is 1. The zero-order valence-corrected chi connectivity index (χ0v) is 25.9. The minimum atomic E-state index is -0.808. The summed E-state index contributed by atoms with van der Waals surface area (Å²) in [4.78, 5) is 24.1. The van der Waals surface area contributed by atoms with Crippen LogP contribution < -0.4 is 0 Å². The lowest BCUT2D eigenvalue weighted by molar-refractivity contribution is -0.439. The van der Waals surface area contributed by atoms with Crippen molar-refractivity contribution in [3.8, 4) is 0 Å². The fourth-order valence-corrected chi connectivity index (χ4v) is 6.72. The average molecular weight is 571 g/mol. The molecule has 0 aromatic heterocycles. The van der Waals surface area contributed by atoms with Crippen LogP contribution in [0.15, 0.2) is 0 Å². The van der Waals surface area contributed by atoms with E-state index in [1.54, 1.807) is 0 Å². The highest BCUT2D eigenvalue weighted by Gasteiger charge is 2.53. The quantitative estimate of drug-likeness (QED) is 0.162. The summed E-state index contributed by atoms with van der Waals surface area (Å²) < 4.78 is 22.7. The van der Waals surface area contributed by atoms with Crippen molar-refractivity contribution in [1.29, 1.82) is 0 Å². The molecule has 2 fully saturated rings. The van der Waals surface area contributed by atoms with E-state index in [0.717, 1.165) is 44.9 Å². The molecule has 1 heterocycles. The molecule has 0 bridgehead atoms. The summed E-state index contributed by atoms with van der Waals surface area (Å²) >= 11 is 0. The van der Waals surface area contributed by atoms with E-state index in [0.29, 0.717) is 38.9 Å². The lowest BCUT2D eigenvalue weighted by Crippen LogP contribution is -2.57. The largest absolute Gasteiger partial charge is 0.437 e. The van der Waals surface area contributed by atoms with Gasteiger partial charge in [0.1, 0.15) is 13.3 Å². The van der Waals surface area contributed by atoms with Crippen LogP contribution in [0.3, 0.4) is 0 Å². The summed E-state index contributed by atoms with van der Waals surface area (Å²) in [5.41, 5.74) is -0.0983. The number of carbonyl (C=O) groups is 2. The van der Waals surface area contributed by atoms with Crippen molar-refractivity contribution in [3.05, 3.63) is 0 Å². The number of Topliss-reactive ketones (excluding diaryl/α,β-unsaturated/α-hetero) is 1. The number of unbranched alkanes of at least 4 members (excludes halogenated alkanes) is 3. The predicted octanol–water partition coefficient (Wildman–Crippen LogP) is 6.29. The molecule has 1 saturated heterocycles. The van der Waals surface area contributed by atoms with Gasteiger partial charge in [-0.15, -0.1) is 0 Å². The van der Waals surface area contributed by atoms with Gasteiger partial charge in [0.25, 0.3) is 0 Å². The minimum Gasteiger partial charge on any atom is -0.437 e.